The molecule has 59 heavy (non-hydrogen) atoms. The van der Waals surface area contributed by atoms with Crippen LogP contribution in [0.4, 0.5) is 0 Å². The van der Waals surface area contributed by atoms with E-state index in [2.05, 4.69) is 92.8 Å². The van der Waals surface area contributed by atoms with Crippen LogP contribution in [0.15, 0.2) is 85.1 Å². The fourth-order valence-electron chi connectivity index (χ4n) is 5.75. The van der Waals surface area contributed by atoms with Crippen LogP contribution >= 0.6 is 7.82 Å². The first kappa shape index (κ1) is 54.0. The summed E-state index contributed by atoms with van der Waals surface area (Å²) in [6.45, 7) is 3.05. The highest BCUT2D eigenvalue weighted by Crippen LogP contribution is 2.47. The summed E-state index contributed by atoms with van der Waals surface area (Å²) in [5.41, 5.74) is 0. The number of aliphatic hydroxyl groups excluding tert-OH is 5. The molecule has 0 aromatic carbocycles. The molecule has 1 saturated carbocycles. The predicted octanol–water partition coefficient (Wildman–Crippen LogP) is 7.72. The Labute approximate surface area is 352 Å². The van der Waals surface area contributed by atoms with Crippen molar-refractivity contribution < 1.29 is 63.1 Å². The largest absolute Gasteiger partial charge is 0.472 e. The van der Waals surface area contributed by atoms with E-state index in [1.165, 1.54) is 19.3 Å². The van der Waals surface area contributed by atoms with Crippen molar-refractivity contribution >= 4 is 19.8 Å². The van der Waals surface area contributed by atoms with E-state index in [0.717, 1.165) is 64.2 Å². The Morgan fingerprint density at radius 2 is 0.949 bits per heavy atom. The molecule has 0 amide bonds. The summed E-state index contributed by atoms with van der Waals surface area (Å²) in [6, 6.07) is 0. The highest BCUT2D eigenvalue weighted by molar-refractivity contribution is 7.47. The molecule has 0 bridgehead atoms. The minimum atomic E-state index is -5.14. The number of hydrogen-bond acceptors (Lipinski definition) is 12. The van der Waals surface area contributed by atoms with Gasteiger partial charge in [0.15, 0.2) is 6.10 Å². The Bertz CT molecular complexity index is 1360. The maximum atomic E-state index is 12.8. The van der Waals surface area contributed by atoms with E-state index in [-0.39, 0.29) is 12.8 Å². The second-order valence-corrected chi connectivity index (χ2v) is 15.9. The third-order valence-corrected chi connectivity index (χ3v) is 10.2. The third-order valence-electron chi connectivity index (χ3n) is 9.22. The van der Waals surface area contributed by atoms with Gasteiger partial charge in [0.05, 0.1) is 6.61 Å². The van der Waals surface area contributed by atoms with E-state index < -0.39 is 75.7 Å². The first-order valence-corrected chi connectivity index (χ1v) is 22.9. The van der Waals surface area contributed by atoms with Crippen LogP contribution in [0, 0.1) is 0 Å². The lowest BCUT2D eigenvalue weighted by Gasteiger charge is -2.41. The van der Waals surface area contributed by atoms with Crippen LogP contribution in [0.1, 0.15) is 129 Å². The summed E-state index contributed by atoms with van der Waals surface area (Å²) in [5, 5.41) is 50.0. The van der Waals surface area contributed by atoms with Crippen molar-refractivity contribution in [1.29, 1.82) is 0 Å². The summed E-state index contributed by atoms with van der Waals surface area (Å²) in [6.07, 6.45) is 30.8. The van der Waals surface area contributed by atoms with Crippen LogP contribution in [-0.2, 0) is 32.7 Å². The van der Waals surface area contributed by atoms with Crippen LogP contribution in [0.25, 0.3) is 0 Å². The van der Waals surface area contributed by atoms with Crippen molar-refractivity contribution in [2.45, 2.75) is 172 Å². The fourth-order valence-corrected chi connectivity index (χ4v) is 6.73. The number of unbranched alkanes of at least 4 members (excludes halogenated alkanes) is 7. The van der Waals surface area contributed by atoms with E-state index in [1.807, 2.05) is 6.08 Å². The molecule has 0 spiro atoms. The summed E-state index contributed by atoms with van der Waals surface area (Å²) in [7, 11) is -5.14. The van der Waals surface area contributed by atoms with Gasteiger partial charge in [0.25, 0.3) is 0 Å². The number of hydrogen-bond donors (Lipinski definition) is 6. The zero-order valence-corrected chi connectivity index (χ0v) is 36.1. The molecule has 13 nitrogen and oxygen atoms in total. The first-order valence-electron chi connectivity index (χ1n) is 21.4. The number of aliphatic hydroxyl groups is 5. The van der Waals surface area contributed by atoms with Crippen LogP contribution < -0.4 is 0 Å². The highest BCUT2D eigenvalue weighted by atomic mass is 31.2. The van der Waals surface area contributed by atoms with E-state index in [9.17, 15) is 44.6 Å². The predicted molar refractivity (Wildman–Crippen MR) is 230 cm³/mol. The van der Waals surface area contributed by atoms with Gasteiger partial charge in [0.2, 0.25) is 0 Å². The van der Waals surface area contributed by atoms with Crippen molar-refractivity contribution in [3.05, 3.63) is 85.1 Å². The zero-order valence-electron chi connectivity index (χ0n) is 35.3. The molecule has 336 valence electrons. The maximum absolute atomic E-state index is 12.8. The molecule has 0 heterocycles. The number of esters is 2. The van der Waals surface area contributed by atoms with Crippen molar-refractivity contribution in [3.8, 4) is 0 Å². The molecule has 6 N–H and O–H groups in total. The average Bonchev–Trinajstić information content (AvgIpc) is 3.21. The Morgan fingerprint density at radius 3 is 1.41 bits per heavy atom. The molecule has 0 aromatic rings. The van der Waals surface area contributed by atoms with Gasteiger partial charge in [-0.1, -0.05) is 112 Å². The SMILES string of the molecule is CC/C=C/C/C=C/C/C=C/C/C=C/CCCCC(=O)O[C@H](COC(=O)CCCC/C=C/C/C=C/C/C=C/CCCCC)COP(=O)(O)OC1C(O)C(O)C(O)[C@@H](O)C1O. The van der Waals surface area contributed by atoms with Crippen LogP contribution in [0.5, 0.6) is 0 Å². The number of rotatable bonds is 33. The minimum Gasteiger partial charge on any atom is -0.462 e. The van der Waals surface area contributed by atoms with Gasteiger partial charge in [-0.05, 0) is 89.9 Å². The van der Waals surface area contributed by atoms with Gasteiger partial charge in [-0.25, -0.2) is 4.57 Å². The number of ether oxygens (including phenoxy) is 2. The quantitative estimate of drug-likeness (QED) is 0.0162. The third kappa shape index (κ3) is 27.5. The Kier molecular flexibility index (Phi) is 31.8. The van der Waals surface area contributed by atoms with E-state index in [0.29, 0.717) is 19.3 Å². The number of phosphoric ester groups is 1. The number of carbonyl (C=O) groups excluding carboxylic acids is 2. The van der Waals surface area contributed by atoms with Crippen LogP contribution in [0.2, 0.25) is 0 Å². The van der Waals surface area contributed by atoms with Crippen LogP contribution in [-0.4, -0.2) is 98.3 Å². The molecule has 14 heteroatoms. The van der Waals surface area contributed by atoms with Crippen molar-refractivity contribution in [3.63, 3.8) is 0 Å². The van der Waals surface area contributed by atoms with Crippen molar-refractivity contribution in [2.75, 3.05) is 13.2 Å². The lowest BCUT2D eigenvalue weighted by molar-refractivity contribution is -0.220. The monoisotopic (exact) mass is 852 g/mol. The zero-order chi connectivity index (χ0) is 43.6. The Morgan fingerprint density at radius 1 is 0.542 bits per heavy atom. The molecule has 6 unspecified atom stereocenters. The molecule has 0 radical (unpaired) electrons. The van der Waals surface area contributed by atoms with Gasteiger partial charge in [-0.15, -0.1) is 0 Å². The first-order chi connectivity index (χ1) is 28.4. The topological polar surface area (TPSA) is 210 Å². The van der Waals surface area contributed by atoms with Gasteiger partial charge in [0.1, 0.15) is 43.2 Å². The second-order valence-electron chi connectivity index (χ2n) is 14.5. The van der Waals surface area contributed by atoms with E-state index >= 15 is 0 Å². The van der Waals surface area contributed by atoms with Gasteiger partial charge in [-0.2, -0.15) is 0 Å². The van der Waals surface area contributed by atoms with Crippen LogP contribution in [0.3, 0.4) is 0 Å². The molecule has 1 aliphatic rings. The average molecular weight is 853 g/mol. The number of phosphoric acid groups is 1. The Balaban J connectivity index is 2.57. The molecule has 0 saturated heterocycles. The van der Waals surface area contributed by atoms with Gasteiger partial charge < -0.3 is 39.9 Å². The lowest BCUT2D eigenvalue weighted by atomic mass is 9.85. The molecular weight excluding hydrogens is 779 g/mol. The molecule has 0 aliphatic heterocycles. The summed E-state index contributed by atoms with van der Waals surface area (Å²) in [5.74, 6) is -1.20. The van der Waals surface area contributed by atoms with Gasteiger partial charge in [-0.3, -0.25) is 18.6 Å². The highest BCUT2D eigenvalue weighted by Gasteiger charge is 2.51. The molecule has 0 aromatic heterocycles. The molecule has 1 fully saturated rings. The molecular formula is C45H73O13P. The number of allylic oxidation sites excluding steroid dienone is 14. The maximum Gasteiger partial charge on any atom is 0.472 e. The van der Waals surface area contributed by atoms with Gasteiger partial charge in [0, 0.05) is 12.8 Å². The summed E-state index contributed by atoms with van der Waals surface area (Å²) in [4.78, 5) is 35.6. The minimum absolute atomic E-state index is 0.0311. The number of carbonyl (C=O) groups is 2. The van der Waals surface area contributed by atoms with Gasteiger partial charge >= 0.3 is 19.8 Å². The molecule has 1 aliphatic carbocycles. The molecule has 1 rings (SSSR count). The van der Waals surface area contributed by atoms with Crippen molar-refractivity contribution in [2.24, 2.45) is 0 Å². The molecule has 8 atom stereocenters. The van der Waals surface area contributed by atoms with E-state index in [1.54, 1.807) is 0 Å². The normalized spacial score (nSPS) is 23.2. The second kappa shape index (κ2) is 34.7. The summed E-state index contributed by atoms with van der Waals surface area (Å²) < 4.78 is 33.4. The smallest absolute Gasteiger partial charge is 0.462 e. The standard InChI is InChI=1S/C45H73O13P/c1-3-5-7-9-11-13-15-17-19-21-23-25-27-29-31-33-38(46)55-35-37(36-56-59(53,54)58-45-43(51)41(49)40(48)42(50)44(45)52)57-39(47)34-32-30-28-26-24-22-20-18-16-14-12-10-8-6-4-2/h6,8,11-14,17-20,23-26,37,40-45,48-52H,3-5,7,9-10,15-16,21-22,27-36H2,1-2H3,(H,53,54)/b8-6+,13-11+,14-12+,19-17+,20-18+,25-23+,26-24+/t37-,40?,41-,42?,43?,44?,45?/m1/s1. The fraction of sp³-hybridized carbons (Fsp3) is 0.644. The Hall–Kier alpha value is -2.97. The summed E-state index contributed by atoms with van der Waals surface area (Å²) >= 11 is 0. The van der Waals surface area contributed by atoms with Crippen molar-refractivity contribution in [1.82, 2.24) is 0 Å². The lowest BCUT2D eigenvalue weighted by Crippen LogP contribution is -2.64. The van der Waals surface area contributed by atoms with E-state index in [4.69, 9.17) is 18.5 Å².